The summed E-state index contributed by atoms with van der Waals surface area (Å²) in [4.78, 5) is 4.20. The predicted molar refractivity (Wildman–Crippen MR) is 99.2 cm³/mol. The Kier molecular flexibility index (Phi) is 5.34. The first kappa shape index (κ1) is 16.5. The minimum Gasteiger partial charge on any atom is -0.354 e. The van der Waals surface area contributed by atoms with Crippen LogP contribution in [0.4, 0.5) is 0 Å². The Labute approximate surface area is 138 Å². The van der Waals surface area contributed by atoms with Gasteiger partial charge in [-0.2, -0.15) is 0 Å². The van der Waals surface area contributed by atoms with Crippen LogP contribution >= 0.6 is 22.6 Å². The van der Waals surface area contributed by atoms with E-state index >= 15 is 0 Å². The van der Waals surface area contributed by atoms with E-state index in [4.69, 9.17) is 0 Å². The smallest absolute Gasteiger partial charge is 0.122 e. The molecule has 3 nitrogen and oxygen atoms in total. The molecular weight excluding hydrogens is 377 g/mol. The van der Waals surface area contributed by atoms with Gasteiger partial charge in [0.05, 0.1) is 6.34 Å². The average molecular weight is 405 g/mol. The average Bonchev–Trinajstić information content (AvgIpc) is 2.41. The Hall–Kier alpha value is 0.117. The van der Waals surface area contributed by atoms with E-state index in [0.717, 1.165) is 12.0 Å². The van der Waals surface area contributed by atoms with Crippen LogP contribution in [0, 0.1) is 0 Å². The zero-order valence-corrected chi connectivity index (χ0v) is 16.3. The topological polar surface area (TPSA) is 36.4 Å². The first-order chi connectivity index (χ1) is 9.37. The van der Waals surface area contributed by atoms with Crippen LogP contribution in [0.2, 0.25) is 25.2 Å². The second kappa shape index (κ2) is 6.48. The molecule has 0 saturated heterocycles. The normalized spacial score (nSPS) is 34.5. The van der Waals surface area contributed by atoms with E-state index in [9.17, 15) is 0 Å². The van der Waals surface area contributed by atoms with Gasteiger partial charge in [0.15, 0.2) is 0 Å². The zero-order chi connectivity index (χ0) is 14.8. The van der Waals surface area contributed by atoms with Gasteiger partial charge in [0.25, 0.3) is 0 Å². The van der Waals surface area contributed by atoms with Crippen LogP contribution in [0.1, 0.15) is 39.0 Å². The van der Waals surface area contributed by atoms with Gasteiger partial charge in [-0.3, -0.25) is 5.32 Å². The predicted octanol–water partition coefficient (Wildman–Crippen LogP) is 4.24. The maximum absolute atomic E-state index is 4.20. The molecule has 2 rings (SSSR count). The molecule has 1 atom stereocenters. The van der Waals surface area contributed by atoms with Crippen molar-refractivity contribution in [1.29, 1.82) is 0 Å². The second-order valence-corrected chi connectivity index (χ2v) is 13.9. The van der Waals surface area contributed by atoms with Crippen LogP contribution in [0.25, 0.3) is 0 Å². The lowest BCUT2D eigenvalue weighted by Crippen LogP contribution is -2.61. The molecule has 0 aromatic carbocycles. The van der Waals surface area contributed by atoms with Gasteiger partial charge in [0, 0.05) is 23.9 Å². The Morgan fingerprint density at radius 3 is 2.50 bits per heavy atom. The minimum absolute atomic E-state index is 0.0844. The van der Waals surface area contributed by atoms with E-state index in [1.54, 1.807) is 0 Å². The molecule has 2 N–H and O–H groups in total. The summed E-state index contributed by atoms with van der Waals surface area (Å²) in [5.41, 5.74) is 0.924. The lowest BCUT2D eigenvalue weighted by atomic mass is 9.92. The van der Waals surface area contributed by atoms with Crippen molar-refractivity contribution in [1.82, 2.24) is 10.6 Å². The third-order valence-electron chi connectivity index (χ3n) is 4.91. The number of rotatable bonds is 4. The summed E-state index contributed by atoms with van der Waals surface area (Å²) < 4.78 is 1.27. The quantitative estimate of drug-likeness (QED) is 0.542. The lowest BCUT2D eigenvalue weighted by molar-refractivity contribution is 0.264. The van der Waals surface area contributed by atoms with E-state index in [1.807, 2.05) is 12.5 Å². The lowest BCUT2D eigenvalue weighted by Gasteiger charge is -2.42. The number of hydrogen-bond donors (Lipinski definition) is 2. The summed E-state index contributed by atoms with van der Waals surface area (Å²) in [6.45, 7) is 9.79. The van der Waals surface area contributed by atoms with Gasteiger partial charge in [-0.05, 0) is 47.4 Å². The highest BCUT2D eigenvalue weighted by Gasteiger charge is 2.37. The molecule has 0 amide bonds. The fourth-order valence-electron chi connectivity index (χ4n) is 3.37. The van der Waals surface area contributed by atoms with Crippen molar-refractivity contribution in [2.45, 2.75) is 75.9 Å². The summed E-state index contributed by atoms with van der Waals surface area (Å²) in [6, 6.07) is 0.639. The summed E-state index contributed by atoms with van der Waals surface area (Å²) in [5, 5.41) is 7.33. The standard InChI is InChI=1S/C15H28IN3Si/c1-5-15(14(16)10-17-11-18-15)19-12-6-8-13(9-7-12)20(2,3)4/h10-13,19H,5-9H2,1-4H3,(H,17,18)/t12-,13+,15?. The van der Waals surface area contributed by atoms with Crippen LogP contribution in [-0.4, -0.2) is 26.1 Å². The molecule has 20 heavy (non-hydrogen) atoms. The highest BCUT2D eigenvalue weighted by Crippen LogP contribution is 2.38. The van der Waals surface area contributed by atoms with E-state index in [0.29, 0.717) is 6.04 Å². The fourth-order valence-corrected chi connectivity index (χ4v) is 6.28. The van der Waals surface area contributed by atoms with Crippen LogP contribution in [0.3, 0.4) is 0 Å². The summed E-state index contributed by atoms with van der Waals surface area (Å²) in [6.07, 6.45) is 10.3. The number of nitrogens with zero attached hydrogens (tertiary/aromatic N) is 1. The largest absolute Gasteiger partial charge is 0.354 e. The van der Waals surface area contributed by atoms with Crippen molar-refractivity contribution in [2.75, 3.05) is 0 Å². The molecule has 0 aromatic heterocycles. The second-order valence-electron chi connectivity index (χ2n) is 7.22. The third-order valence-corrected chi connectivity index (χ3v) is 9.14. The van der Waals surface area contributed by atoms with Crippen LogP contribution in [0.5, 0.6) is 0 Å². The zero-order valence-electron chi connectivity index (χ0n) is 13.2. The molecule has 1 aliphatic carbocycles. The molecule has 1 aliphatic heterocycles. The van der Waals surface area contributed by atoms with Gasteiger partial charge in [-0.25, -0.2) is 4.99 Å². The van der Waals surface area contributed by atoms with E-state index in [1.165, 1.54) is 29.3 Å². The van der Waals surface area contributed by atoms with Gasteiger partial charge in [0.1, 0.15) is 5.66 Å². The molecule has 114 valence electrons. The van der Waals surface area contributed by atoms with Crippen LogP contribution in [-0.2, 0) is 0 Å². The number of nitrogens with one attached hydrogen (secondary N) is 2. The number of hydrogen-bond acceptors (Lipinski definition) is 3. The van der Waals surface area contributed by atoms with Crippen molar-refractivity contribution in [2.24, 2.45) is 4.99 Å². The van der Waals surface area contributed by atoms with Crippen molar-refractivity contribution in [3.63, 3.8) is 0 Å². The van der Waals surface area contributed by atoms with Gasteiger partial charge in [-0.1, -0.05) is 39.4 Å². The van der Waals surface area contributed by atoms with Gasteiger partial charge < -0.3 is 5.32 Å². The molecule has 1 fully saturated rings. The van der Waals surface area contributed by atoms with Crippen molar-refractivity contribution >= 4 is 37.0 Å². The summed E-state index contributed by atoms with van der Waals surface area (Å²) in [5.74, 6) is 0. The fraction of sp³-hybridized carbons (Fsp3) is 0.800. The molecular formula is C15H28IN3Si. The molecule has 0 spiro atoms. The van der Waals surface area contributed by atoms with E-state index in [2.05, 4.69) is 64.8 Å². The van der Waals surface area contributed by atoms with Crippen molar-refractivity contribution in [3.05, 3.63) is 9.78 Å². The molecule has 1 unspecified atom stereocenters. The maximum atomic E-state index is 4.20. The third kappa shape index (κ3) is 3.65. The van der Waals surface area contributed by atoms with Gasteiger partial charge in [0.2, 0.25) is 0 Å². The van der Waals surface area contributed by atoms with Crippen LogP contribution in [0.15, 0.2) is 14.8 Å². The molecule has 2 aliphatic rings. The van der Waals surface area contributed by atoms with E-state index < -0.39 is 8.07 Å². The van der Waals surface area contributed by atoms with Gasteiger partial charge >= 0.3 is 0 Å². The molecule has 0 radical (unpaired) electrons. The highest BCUT2D eigenvalue weighted by atomic mass is 127. The summed E-state index contributed by atoms with van der Waals surface area (Å²) in [7, 11) is -0.956. The Bertz CT molecular complexity index is 394. The summed E-state index contributed by atoms with van der Waals surface area (Å²) >= 11 is 2.41. The number of halogens is 1. The molecule has 0 bridgehead atoms. The minimum atomic E-state index is -0.956. The first-order valence-corrected chi connectivity index (χ1v) is 12.5. The monoisotopic (exact) mass is 405 g/mol. The van der Waals surface area contributed by atoms with Gasteiger partial charge in [-0.15, -0.1) is 0 Å². The van der Waals surface area contributed by atoms with Crippen LogP contribution < -0.4 is 10.6 Å². The van der Waals surface area contributed by atoms with Crippen molar-refractivity contribution in [3.8, 4) is 0 Å². The first-order valence-electron chi connectivity index (χ1n) is 7.80. The Morgan fingerprint density at radius 2 is 2.00 bits per heavy atom. The number of aliphatic imine (C=N–C) groups is 1. The maximum Gasteiger partial charge on any atom is 0.122 e. The highest BCUT2D eigenvalue weighted by molar-refractivity contribution is 14.1. The van der Waals surface area contributed by atoms with E-state index in [-0.39, 0.29) is 5.66 Å². The molecule has 1 saturated carbocycles. The Balaban J connectivity index is 1.95. The molecule has 0 aromatic rings. The Morgan fingerprint density at radius 1 is 1.35 bits per heavy atom. The molecule has 5 heteroatoms. The SMILES string of the molecule is CCC1(N[C@H]2CC[C@@H]([Si](C)(C)C)CC2)NC=NC=C1I. The van der Waals surface area contributed by atoms with Crippen molar-refractivity contribution < 1.29 is 0 Å². The molecule has 1 heterocycles.